The first-order chi connectivity index (χ1) is 13.1. The Balaban J connectivity index is 1.51. The van der Waals surface area contributed by atoms with E-state index in [-0.39, 0.29) is 12.4 Å². The Hall–Kier alpha value is -3.08. The van der Waals surface area contributed by atoms with Gasteiger partial charge in [-0.1, -0.05) is 42.0 Å². The van der Waals surface area contributed by atoms with Crippen molar-refractivity contribution in [2.75, 3.05) is 6.54 Å². The Bertz CT molecular complexity index is 978. The second-order valence-corrected chi connectivity index (χ2v) is 7.01. The summed E-state index contributed by atoms with van der Waals surface area (Å²) in [6.07, 6.45) is 2.79. The molecule has 1 saturated heterocycles. The molecule has 1 unspecified atom stereocenters. The van der Waals surface area contributed by atoms with Gasteiger partial charge >= 0.3 is 6.09 Å². The Morgan fingerprint density at radius 1 is 1.19 bits per heavy atom. The second-order valence-electron chi connectivity index (χ2n) is 7.01. The van der Waals surface area contributed by atoms with Gasteiger partial charge in [-0.25, -0.2) is 4.79 Å². The number of benzene rings is 2. The van der Waals surface area contributed by atoms with Gasteiger partial charge in [0.15, 0.2) is 5.78 Å². The van der Waals surface area contributed by atoms with Crippen molar-refractivity contribution in [2.45, 2.75) is 32.4 Å². The maximum atomic E-state index is 13.2. The predicted molar refractivity (Wildman–Crippen MR) is 104 cm³/mol. The number of hydrogen-bond donors (Lipinski definition) is 1. The molecule has 0 aliphatic carbocycles. The average Bonchev–Trinajstić information content (AvgIpc) is 3.33. The molecule has 1 atom stereocenters. The van der Waals surface area contributed by atoms with Crippen LogP contribution in [-0.2, 0) is 11.3 Å². The van der Waals surface area contributed by atoms with E-state index in [0.717, 1.165) is 28.5 Å². The monoisotopic (exact) mass is 362 g/mol. The summed E-state index contributed by atoms with van der Waals surface area (Å²) in [5.41, 5.74) is 3.60. The van der Waals surface area contributed by atoms with E-state index in [0.29, 0.717) is 18.5 Å². The molecule has 0 bridgehead atoms. The van der Waals surface area contributed by atoms with Crippen molar-refractivity contribution in [3.05, 3.63) is 71.4 Å². The second kappa shape index (κ2) is 7.27. The predicted octanol–water partition coefficient (Wildman–Crippen LogP) is 4.46. The fourth-order valence-electron chi connectivity index (χ4n) is 3.68. The number of rotatable bonds is 4. The van der Waals surface area contributed by atoms with Crippen molar-refractivity contribution < 1.29 is 14.3 Å². The molecule has 5 nitrogen and oxygen atoms in total. The van der Waals surface area contributed by atoms with Crippen molar-refractivity contribution in [3.63, 3.8) is 0 Å². The summed E-state index contributed by atoms with van der Waals surface area (Å²) in [6.45, 7) is 2.76. The number of aryl methyl sites for hydroxylation is 1. The lowest BCUT2D eigenvalue weighted by Gasteiger charge is -2.23. The third-order valence-corrected chi connectivity index (χ3v) is 5.10. The van der Waals surface area contributed by atoms with Crippen LogP contribution in [0.3, 0.4) is 0 Å². The van der Waals surface area contributed by atoms with Crippen LogP contribution in [0, 0.1) is 6.92 Å². The number of fused-ring (bicyclic) bond motifs is 1. The molecule has 4 rings (SSSR count). The fourth-order valence-corrected chi connectivity index (χ4v) is 3.68. The third kappa shape index (κ3) is 3.45. The van der Waals surface area contributed by atoms with E-state index in [1.165, 1.54) is 0 Å². The molecule has 1 amide bonds. The van der Waals surface area contributed by atoms with Crippen LogP contribution in [0.1, 0.15) is 34.3 Å². The Kier molecular flexibility index (Phi) is 4.67. The van der Waals surface area contributed by atoms with Crippen molar-refractivity contribution in [1.29, 1.82) is 0 Å². The molecule has 3 aromatic rings. The molecular weight excluding hydrogens is 340 g/mol. The first-order valence-electron chi connectivity index (χ1n) is 9.23. The van der Waals surface area contributed by atoms with E-state index < -0.39 is 12.1 Å². The van der Waals surface area contributed by atoms with E-state index in [2.05, 4.69) is 4.98 Å². The first-order valence-corrected chi connectivity index (χ1v) is 9.23. The average molecular weight is 362 g/mol. The Morgan fingerprint density at radius 2 is 2.00 bits per heavy atom. The molecule has 1 fully saturated rings. The van der Waals surface area contributed by atoms with Crippen molar-refractivity contribution in [1.82, 2.24) is 9.88 Å². The van der Waals surface area contributed by atoms with Crippen molar-refractivity contribution in [2.24, 2.45) is 0 Å². The highest BCUT2D eigenvalue weighted by molar-refractivity contribution is 6.11. The summed E-state index contributed by atoms with van der Waals surface area (Å²) in [7, 11) is 0. The summed E-state index contributed by atoms with van der Waals surface area (Å²) in [5.74, 6) is -0.0268. The van der Waals surface area contributed by atoms with Crippen LogP contribution >= 0.6 is 0 Å². The number of ketones is 1. The maximum absolute atomic E-state index is 13.2. The van der Waals surface area contributed by atoms with Gasteiger partial charge in [-0.05, 0) is 37.5 Å². The molecule has 0 saturated carbocycles. The molecule has 1 N–H and O–H groups in total. The van der Waals surface area contributed by atoms with E-state index in [4.69, 9.17) is 4.74 Å². The van der Waals surface area contributed by atoms with Gasteiger partial charge in [-0.3, -0.25) is 9.69 Å². The molecule has 1 aromatic heterocycles. The molecule has 27 heavy (non-hydrogen) atoms. The van der Waals surface area contributed by atoms with Gasteiger partial charge < -0.3 is 9.72 Å². The third-order valence-electron chi connectivity index (χ3n) is 5.10. The quantitative estimate of drug-likeness (QED) is 0.697. The zero-order chi connectivity index (χ0) is 18.8. The highest BCUT2D eigenvalue weighted by Crippen LogP contribution is 2.27. The molecule has 0 radical (unpaired) electrons. The van der Waals surface area contributed by atoms with E-state index in [1.54, 1.807) is 11.1 Å². The number of carbonyl (C=O) groups excluding carboxylic acids is 2. The molecule has 1 aliphatic heterocycles. The first kappa shape index (κ1) is 17.3. The Morgan fingerprint density at radius 3 is 2.81 bits per heavy atom. The normalized spacial score (nSPS) is 16.6. The van der Waals surface area contributed by atoms with Crippen molar-refractivity contribution in [3.8, 4) is 0 Å². The van der Waals surface area contributed by atoms with E-state index in [9.17, 15) is 9.59 Å². The summed E-state index contributed by atoms with van der Waals surface area (Å²) >= 11 is 0. The number of amides is 1. The van der Waals surface area contributed by atoms with Gasteiger partial charge in [-0.2, -0.15) is 0 Å². The number of nitrogens with zero attached hydrogens (tertiary/aromatic N) is 1. The molecule has 138 valence electrons. The summed E-state index contributed by atoms with van der Waals surface area (Å²) in [4.78, 5) is 30.4. The van der Waals surface area contributed by atoms with Gasteiger partial charge in [0, 0.05) is 29.2 Å². The van der Waals surface area contributed by atoms with Crippen LogP contribution in [0.2, 0.25) is 0 Å². The minimum absolute atomic E-state index is 0.0268. The number of nitrogens with one attached hydrogen (secondary N) is 1. The molecule has 2 heterocycles. The lowest BCUT2D eigenvalue weighted by atomic mass is 10.0. The van der Waals surface area contributed by atoms with Gasteiger partial charge in [0.2, 0.25) is 0 Å². The standard InChI is InChI=1S/C22H22N2O3/c1-15-9-10-19-17(12-15)18(13-23-19)21(25)20-8-5-11-24(20)22(26)27-14-16-6-3-2-4-7-16/h2-4,6-7,9-10,12-13,20,23H,5,8,11,14H2,1H3. The van der Waals surface area contributed by atoms with Crippen LogP contribution in [0.4, 0.5) is 4.79 Å². The largest absolute Gasteiger partial charge is 0.445 e. The minimum Gasteiger partial charge on any atom is -0.445 e. The highest BCUT2D eigenvalue weighted by Gasteiger charge is 2.36. The molecule has 2 aromatic carbocycles. The van der Waals surface area contributed by atoms with Gasteiger partial charge in [0.1, 0.15) is 6.61 Å². The fraction of sp³-hybridized carbons (Fsp3) is 0.273. The number of Topliss-reactive ketones (excluding diaryl/α,β-unsaturated/α-hetero) is 1. The highest BCUT2D eigenvalue weighted by atomic mass is 16.6. The zero-order valence-corrected chi connectivity index (χ0v) is 15.3. The zero-order valence-electron chi connectivity index (χ0n) is 15.3. The summed E-state index contributed by atoms with van der Waals surface area (Å²) in [6, 6.07) is 15.1. The van der Waals surface area contributed by atoms with Crippen molar-refractivity contribution >= 4 is 22.8 Å². The molecular formula is C22H22N2O3. The smallest absolute Gasteiger partial charge is 0.410 e. The number of likely N-dealkylation sites (tertiary alicyclic amines) is 1. The molecule has 1 aliphatic rings. The SMILES string of the molecule is Cc1ccc2[nH]cc(C(=O)C3CCCN3C(=O)OCc3ccccc3)c2c1. The lowest BCUT2D eigenvalue weighted by molar-refractivity contribution is 0.0739. The van der Waals surface area contributed by atoms with Gasteiger partial charge in [0.05, 0.1) is 6.04 Å². The summed E-state index contributed by atoms with van der Waals surface area (Å²) in [5, 5.41) is 0.907. The van der Waals surface area contributed by atoms with E-state index >= 15 is 0 Å². The van der Waals surface area contributed by atoms with Crippen LogP contribution < -0.4 is 0 Å². The molecule has 0 spiro atoms. The van der Waals surface area contributed by atoms with E-state index in [1.807, 2.05) is 55.5 Å². The summed E-state index contributed by atoms with van der Waals surface area (Å²) < 4.78 is 5.44. The number of carbonyl (C=O) groups is 2. The van der Waals surface area contributed by atoms with Crippen LogP contribution in [0.25, 0.3) is 10.9 Å². The maximum Gasteiger partial charge on any atom is 0.410 e. The topological polar surface area (TPSA) is 62.4 Å². The Labute approximate surface area is 157 Å². The number of hydrogen-bond acceptors (Lipinski definition) is 3. The number of aromatic nitrogens is 1. The van der Waals surface area contributed by atoms with Crippen LogP contribution in [0.15, 0.2) is 54.7 Å². The number of H-pyrrole nitrogens is 1. The lowest BCUT2D eigenvalue weighted by Crippen LogP contribution is -2.40. The van der Waals surface area contributed by atoms with Gasteiger partial charge in [0.25, 0.3) is 0 Å². The van der Waals surface area contributed by atoms with Crippen LogP contribution in [0.5, 0.6) is 0 Å². The number of aromatic amines is 1. The molecule has 5 heteroatoms. The van der Waals surface area contributed by atoms with Crippen LogP contribution in [-0.4, -0.2) is 34.3 Å². The number of ether oxygens (including phenoxy) is 1. The van der Waals surface area contributed by atoms with Gasteiger partial charge in [-0.15, -0.1) is 0 Å². The minimum atomic E-state index is -0.465.